The van der Waals surface area contributed by atoms with Gasteiger partial charge in [-0.1, -0.05) is 6.07 Å². The molecule has 0 radical (unpaired) electrons. The molecule has 0 aliphatic rings. The SMILES string of the molecule is COc1ccc(C(N)c2ccoc2)cc1OC. The molecule has 0 saturated heterocycles. The first-order valence-electron chi connectivity index (χ1n) is 5.26. The smallest absolute Gasteiger partial charge is 0.161 e. The second-order valence-corrected chi connectivity index (χ2v) is 3.65. The van der Waals surface area contributed by atoms with E-state index in [4.69, 9.17) is 19.6 Å². The second-order valence-electron chi connectivity index (χ2n) is 3.65. The topological polar surface area (TPSA) is 57.6 Å². The number of hydrogen-bond donors (Lipinski definition) is 1. The van der Waals surface area contributed by atoms with Gasteiger partial charge >= 0.3 is 0 Å². The molecule has 0 bridgehead atoms. The third-order valence-corrected chi connectivity index (χ3v) is 2.67. The number of ether oxygens (including phenoxy) is 2. The minimum atomic E-state index is -0.228. The summed E-state index contributed by atoms with van der Waals surface area (Å²) in [6, 6.07) is 7.25. The lowest BCUT2D eigenvalue weighted by Gasteiger charge is -2.13. The molecule has 2 rings (SSSR count). The molecule has 0 aliphatic carbocycles. The highest BCUT2D eigenvalue weighted by atomic mass is 16.5. The Balaban J connectivity index is 2.33. The number of hydrogen-bond acceptors (Lipinski definition) is 4. The maximum atomic E-state index is 6.12. The lowest BCUT2D eigenvalue weighted by atomic mass is 10.0. The highest BCUT2D eigenvalue weighted by molar-refractivity contribution is 5.45. The summed E-state index contributed by atoms with van der Waals surface area (Å²) in [6.45, 7) is 0. The van der Waals surface area contributed by atoms with E-state index in [1.54, 1.807) is 26.7 Å². The lowest BCUT2D eigenvalue weighted by Crippen LogP contribution is -2.11. The summed E-state index contributed by atoms with van der Waals surface area (Å²) in [5.41, 5.74) is 8.00. The van der Waals surface area contributed by atoms with Gasteiger partial charge in [-0.3, -0.25) is 0 Å². The third kappa shape index (κ3) is 2.26. The zero-order valence-electron chi connectivity index (χ0n) is 9.84. The molecular formula is C13H15NO3. The molecule has 0 amide bonds. The third-order valence-electron chi connectivity index (χ3n) is 2.67. The van der Waals surface area contributed by atoms with Crippen LogP contribution in [0.25, 0.3) is 0 Å². The number of benzene rings is 1. The summed E-state index contributed by atoms with van der Waals surface area (Å²) >= 11 is 0. The van der Waals surface area contributed by atoms with Crippen LogP contribution >= 0.6 is 0 Å². The number of nitrogens with two attached hydrogens (primary N) is 1. The van der Waals surface area contributed by atoms with E-state index in [1.165, 1.54) is 0 Å². The maximum Gasteiger partial charge on any atom is 0.161 e. The van der Waals surface area contributed by atoms with Gasteiger partial charge in [0.1, 0.15) is 0 Å². The molecule has 90 valence electrons. The van der Waals surface area contributed by atoms with Crippen molar-refractivity contribution in [1.29, 1.82) is 0 Å². The fourth-order valence-electron chi connectivity index (χ4n) is 1.69. The van der Waals surface area contributed by atoms with Gasteiger partial charge in [-0.2, -0.15) is 0 Å². The van der Waals surface area contributed by atoms with Gasteiger partial charge in [0.15, 0.2) is 11.5 Å². The quantitative estimate of drug-likeness (QED) is 0.880. The summed E-state index contributed by atoms with van der Waals surface area (Å²) in [7, 11) is 3.21. The Morgan fingerprint density at radius 1 is 1.06 bits per heavy atom. The van der Waals surface area contributed by atoms with Crippen molar-refractivity contribution in [2.24, 2.45) is 5.73 Å². The van der Waals surface area contributed by atoms with Crippen LogP contribution in [0.15, 0.2) is 41.2 Å². The first-order chi connectivity index (χ1) is 8.26. The van der Waals surface area contributed by atoms with Crippen LogP contribution in [-0.2, 0) is 0 Å². The minimum absolute atomic E-state index is 0.228. The Morgan fingerprint density at radius 2 is 1.82 bits per heavy atom. The van der Waals surface area contributed by atoms with Crippen molar-refractivity contribution in [3.8, 4) is 11.5 Å². The predicted octanol–water partition coefficient (Wildman–Crippen LogP) is 2.34. The molecule has 4 heteroatoms. The minimum Gasteiger partial charge on any atom is -0.493 e. The Bertz CT molecular complexity index is 479. The normalized spacial score (nSPS) is 12.2. The zero-order chi connectivity index (χ0) is 12.3. The van der Waals surface area contributed by atoms with E-state index in [1.807, 2.05) is 24.3 Å². The van der Waals surface area contributed by atoms with Crippen LogP contribution in [0.3, 0.4) is 0 Å². The van der Waals surface area contributed by atoms with Crippen LogP contribution in [0.5, 0.6) is 11.5 Å². The second kappa shape index (κ2) is 4.93. The molecule has 2 N–H and O–H groups in total. The molecule has 0 spiro atoms. The van der Waals surface area contributed by atoms with Gasteiger partial charge in [0.05, 0.1) is 32.8 Å². The van der Waals surface area contributed by atoms with Crippen LogP contribution in [0.1, 0.15) is 17.2 Å². The first kappa shape index (κ1) is 11.5. The molecule has 17 heavy (non-hydrogen) atoms. The van der Waals surface area contributed by atoms with Crippen molar-refractivity contribution in [3.63, 3.8) is 0 Å². The molecule has 0 aliphatic heterocycles. The van der Waals surface area contributed by atoms with Gasteiger partial charge in [0.25, 0.3) is 0 Å². The molecule has 1 aromatic heterocycles. The van der Waals surface area contributed by atoms with Crippen molar-refractivity contribution >= 4 is 0 Å². The van der Waals surface area contributed by atoms with E-state index in [2.05, 4.69) is 0 Å². The van der Waals surface area contributed by atoms with E-state index in [-0.39, 0.29) is 6.04 Å². The molecule has 1 unspecified atom stereocenters. The Kier molecular flexibility index (Phi) is 3.35. The largest absolute Gasteiger partial charge is 0.493 e. The van der Waals surface area contributed by atoms with Crippen LogP contribution in [0.4, 0.5) is 0 Å². The maximum absolute atomic E-state index is 6.12. The predicted molar refractivity (Wildman–Crippen MR) is 64.3 cm³/mol. The molecule has 1 atom stereocenters. The van der Waals surface area contributed by atoms with Crippen molar-refractivity contribution in [1.82, 2.24) is 0 Å². The molecular weight excluding hydrogens is 218 g/mol. The van der Waals surface area contributed by atoms with Gasteiger partial charge in [0, 0.05) is 5.56 Å². The summed E-state index contributed by atoms with van der Waals surface area (Å²) in [6.07, 6.45) is 3.25. The number of furan rings is 1. The van der Waals surface area contributed by atoms with Crippen LogP contribution in [0, 0.1) is 0 Å². The van der Waals surface area contributed by atoms with Crippen molar-refractivity contribution in [3.05, 3.63) is 47.9 Å². The fourth-order valence-corrected chi connectivity index (χ4v) is 1.69. The molecule has 0 saturated carbocycles. The molecule has 0 fully saturated rings. The van der Waals surface area contributed by atoms with Gasteiger partial charge < -0.3 is 19.6 Å². The molecule has 1 heterocycles. The van der Waals surface area contributed by atoms with Crippen molar-refractivity contribution < 1.29 is 13.9 Å². The number of methoxy groups -OCH3 is 2. The standard InChI is InChI=1S/C13H15NO3/c1-15-11-4-3-9(7-12(11)16-2)13(14)10-5-6-17-8-10/h3-8,13H,14H2,1-2H3. The molecule has 1 aromatic carbocycles. The van der Waals surface area contributed by atoms with Crippen LogP contribution < -0.4 is 15.2 Å². The van der Waals surface area contributed by atoms with E-state index < -0.39 is 0 Å². The van der Waals surface area contributed by atoms with Gasteiger partial charge in [-0.15, -0.1) is 0 Å². The van der Waals surface area contributed by atoms with Crippen LogP contribution in [-0.4, -0.2) is 14.2 Å². The average Bonchev–Trinajstić information content (AvgIpc) is 2.90. The summed E-state index contributed by atoms with van der Waals surface area (Å²) in [4.78, 5) is 0. The van der Waals surface area contributed by atoms with E-state index in [0.29, 0.717) is 11.5 Å². The lowest BCUT2D eigenvalue weighted by molar-refractivity contribution is 0.354. The Hall–Kier alpha value is -1.94. The average molecular weight is 233 g/mol. The Labute approximate surface area is 99.9 Å². The van der Waals surface area contributed by atoms with E-state index in [9.17, 15) is 0 Å². The van der Waals surface area contributed by atoms with Crippen molar-refractivity contribution in [2.75, 3.05) is 14.2 Å². The van der Waals surface area contributed by atoms with E-state index >= 15 is 0 Å². The monoisotopic (exact) mass is 233 g/mol. The highest BCUT2D eigenvalue weighted by Crippen LogP contribution is 2.31. The van der Waals surface area contributed by atoms with E-state index in [0.717, 1.165) is 11.1 Å². The van der Waals surface area contributed by atoms with Crippen molar-refractivity contribution in [2.45, 2.75) is 6.04 Å². The van der Waals surface area contributed by atoms with Crippen LogP contribution in [0.2, 0.25) is 0 Å². The first-order valence-corrected chi connectivity index (χ1v) is 5.26. The Morgan fingerprint density at radius 3 is 2.41 bits per heavy atom. The summed E-state index contributed by atoms with van der Waals surface area (Å²) in [5, 5.41) is 0. The van der Waals surface area contributed by atoms with Gasteiger partial charge in [-0.25, -0.2) is 0 Å². The fraction of sp³-hybridized carbons (Fsp3) is 0.231. The summed E-state index contributed by atoms with van der Waals surface area (Å²) in [5.74, 6) is 1.36. The number of rotatable bonds is 4. The van der Waals surface area contributed by atoms with Gasteiger partial charge in [-0.05, 0) is 23.8 Å². The zero-order valence-corrected chi connectivity index (χ0v) is 9.84. The molecule has 4 nitrogen and oxygen atoms in total. The molecule has 2 aromatic rings. The highest BCUT2D eigenvalue weighted by Gasteiger charge is 2.13. The van der Waals surface area contributed by atoms with Gasteiger partial charge in [0.2, 0.25) is 0 Å². The summed E-state index contributed by atoms with van der Waals surface area (Å²) < 4.78 is 15.4.